The van der Waals surface area contributed by atoms with E-state index in [9.17, 15) is 0 Å². The molecule has 0 radical (unpaired) electrons. The predicted molar refractivity (Wildman–Crippen MR) is 76.3 cm³/mol. The Morgan fingerprint density at radius 3 is 2.06 bits per heavy atom. The summed E-state index contributed by atoms with van der Waals surface area (Å²) in [6.07, 6.45) is 0. The Hall–Kier alpha value is -0.600. The van der Waals surface area contributed by atoms with Gasteiger partial charge in [-0.2, -0.15) is 0 Å². The van der Waals surface area contributed by atoms with E-state index >= 15 is 0 Å². The predicted octanol–water partition coefficient (Wildman–Crippen LogP) is 5.55. The molecule has 1 nitrogen and oxygen atoms in total. The highest BCUT2D eigenvalue weighted by atomic mass is 35.5. The van der Waals surface area contributed by atoms with Gasteiger partial charge in [-0.15, -0.1) is 0 Å². The summed E-state index contributed by atoms with van der Waals surface area (Å²) in [5.41, 5.74) is 7.77. The summed E-state index contributed by atoms with van der Waals surface area (Å²) in [6.45, 7) is 0. The molecule has 0 bridgehead atoms. The van der Waals surface area contributed by atoms with Crippen LogP contribution >= 0.6 is 46.4 Å². The molecule has 88 valence electrons. The van der Waals surface area contributed by atoms with Gasteiger partial charge in [0.15, 0.2) is 0 Å². The van der Waals surface area contributed by atoms with E-state index in [1.54, 1.807) is 30.3 Å². The van der Waals surface area contributed by atoms with Gasteiger partial charge in [0.2, 0.25) is 0 Å². The van der Waals surface area contributed by atoms with Crippen molar-refractivity contribution in [3.8, 4) is 11.1 Å². The molecule has 2 N–H and O–H groups in total. The first-order valence-corrected chi connectivity index (χ1v) is 6.19. The van der Waals surface area contributed by atoms with Crippen LogP contribution in [0.1, 0.15) is 0 Å². The van der Waals surface area contributed by atoms with Crippen LogP contribution < -0.4 is 5.73 Å². The first-order valence-electron chi connectivity index (χ1n) is 4.68. The third kappa shape index (κ3) is 2.80. The van der Waals surface area contributed by atoms with E-state index in [-0.39, 0.29) is 0 Å². The maximum Gasteiger partial charge on any atom is 0.0671 e. The maximum absolute atomic E-state index is 6.13. The quantitative estimate of drug-likeness (QED) is 0.542. The highest BCUT2D eigenvalue weighted by molar-refractivity contribution is 6.45. The number of hydrogen-bond donors (Lipinski definition) is 1. The normalized spacial score (nSPS) is 10.6. The van der Waals surface area contributed by atoms with E-state index in [0.29, 0.717) is 31.3 Å². The molecule has 2 aromatic rings. The van der Waals surface area contributed by atoms with E-state index in [4.69, 9.17) is 52.1 Å². The second-order valence-corrected chi connectivity index (χ2v) is 5.18. The zero-order chi connectivity index (χ0) is 12.6. The molecule has 0 saturated carbocycles. The number of rotatable bonds is 1. The summed E-state index contributed by atoms with van der Waals surface area (Å²) >= 11 is 24.0. The first kappa shape index (κ1) is 12.8. The van der Waals surface area contributed by atoms with Gasteiger partial charge in [0.05, 0.1) is 10.0 Å². The lowest BCUT2D eigenvalue weighted by Crippen LogP contribution is -1.87. The van der Waals surface area contributed by atoms with Gasteiger partial charge < -0.3 is 5.73 Å². The summed E-state index contributed by atoms with van der Waals surface area (Å²) < 4.78 is 0. The van der Waals surface area contributed by atoms with Crippen LogP contribution in [0.25, 0.3) is 11.1 Å². The van der Waals surface area contributed by atoms with E-state index in [2.05, 4.69) is 0 Å². The van der Waals surface area contributed by atoms with E-state index in [1.165, 1.54) is 0 Å². The number of nitrogen functional groups attached to an aromatic ring is 1. The van der Waals surface area contributed by atoms with Gasteiger partial charge in [-0.1, -0.05) is 46.4 Å². The van der Waals surface area contributed by atoms with Gasteiger partial charge in [0, 0.05) is 21.3 Å². The van der Waals surface area contributed by atoms with Crippen LogP contribution in [-0.2, 0) is 0 Å². The largest absolute Gasteiger partial charge is 0.399 e. The van der Waals surface area contributed by atoms with Crippen molar-refractivity contribution in [3.05, 3.63) is 50.4 Å². The van der Waals surface area contributed by atoms with Crippen LogP contribution in [-0.4, -0.2) is 0 Å². The van der Waals surface area contributed by atoms with Crippen molar-refractivity contribution in [2.45, 2.75) is 0 Å². The molecule has 0 aliphatic heterocycles. The Morgan fingerprint density at radius 1 is 0.765 bits per heavy atom. The molecule has 0 aromatic heterocycles. The van der Waals surface area contributed by atoms with Crippen molar-refractivity contribution in [3.63, 3.8) is 0 Å². The number of benzene rings is 2. The minimum Gasteiger partial charge on any atom is -0.399 e. The molecule has 2 rings (SSSR count). The molecule has 0 saturated heterocycles. The fraction of sp³-hybridized carbons (Fsp3) is 0. The highest BCUT2D eigenvalue weighted by Gasteiger charge is 2.10. The first-order chi connectivity index (χ1) is 7.97. The second kappa shape index (κ2) is 4.95. The number of nitrogens with two attached hydrogens (primary N) is 1. The lowest BCUT2D eigenvalue weighted by molar-refractivity contribution is 1.61. The van der Waals surface area contributed by atoms with Crippen molar-refractivity contribution in [1.29, 1.82) is 0 Å². The van der Waals surface area contributed by atoms with E-state index in [0.717, 1.165) is 5.56 Å². The molecule has 0 aliphatic rings. The number of anilines is 1. The third-order valence-corrected chi connectivity index (χ3v) is 3.46. The van der Waals surface area contributed by atoms with E-state index in [1.807, 2.05) is 0 Å². The molecule has 0 fully saturated rings. The topological polar surface area (TPSA) is 26.0 Å². The molecule has 0 atom stereocenters. The minimum absolute atomic E-state index is 0.396. The van der Waals surface area contributed by atoms with Gasteiger partial charge in [-0.05, 0) is 35.9 Å². The Balaban J connectivity index is 2.67. The van der Waals surface area contributed by atoms with Crippen molar-refractivity contribution >= 4 is 52.1 Å². The molecule has 0 unspecified atom stereocenters. The maximum atomic E-state index is 6.13. The monoisotopic (exact) mass is 305 g/mol. The molecule has 0 amide bonds. The van der Waals surface area contributed by atoms with Gasteiger partial charge in [-0.3, -0.25) is 0 Å². The smallest absolute Gasteiger partial charge is 0.0671 e. The zero-order valence-electron chi connectivity index (χ0n) is 8.48. The molecule has 5 heteroatoms. The van der Waals surface area contributed by atoms with Crippen LogP contribution in [0.5, 0.6) is 0 Å². The molecule has 0 aliphatic carbocycles. The van der Waals surface area contributed by atoms with Crippen LogP contribution in [0.4, 0.5) is 5.69 Å². The van der Waals surface area contributed by atoms with E-state index < -0.39 is 0 Å². The molecular weight excluding hydrogens is 300 g/mol. The average Bonchev–Trinajstić information content (AvgIpc) is 2.22. The molecular formula is C12H7Cl4N. The standard InChI is InChI=1S/C12H7Cl4N/c13-7-1-6(2-9(17)3-7)10-4-8(14)5-11(15)12(10)16/h1-5H,17H2. The summed E-state index contributed by atoms with van der Waals surface area (Å²) in [4.78, 5) is 0. The van der Waals surface area contributed by atoms with Crippen molar-refractivity contribution < 1.29 is 0 Å². The number of hydrogen-bond acceptors (Lipinski definition) is 1. The molecule has 2 aromatic carbocycles. The lowest BCUT2D eigenvalue weighted by atomic mass is 10.1. The van der Waals surface area contributed by atoms with Gasteiger partial charge in [-0.25, -0.2) is 0 Å². The summed E-state index contributed by atoms with van der Waals surface area (Å²) in [6, 6.07) is 8.49. The van der Waals surface area contributed by atoms with Gasteiger partial charge >= 0.3 is 0 Å². The van der Waals surface area contributed by atoms with Gasteiger partial charge in [0.1, 0.15) is 0 Å². The number of halogens is 4. The Morgan fingerprint density at radius 2 is 1.41 bits per heavy atom. The van der Waals surface area contributed by atoms with Crippen LogP contribution in [0.15, 0.2) is 30.3 Å². The summed E-state index contributed by atoms with van der Waals surface area (Å²) in [7, 11) is 0. The highest BCUT2D eigenvalue weighted by Crippen LogP contribution is 2.37. The summed E-state index contributed by atoms with van der Waals surface area (Å²) in [5, 5.41) is 1.87. The van der Waals surface area contributed by atoms with Crippen LogP contribution in [0.3, 0.4) is 0 Å². The van der Waals surface area contributed by atoms with Gasteiger partial charge in [0.25, 0.3) is 0 Å². The fourth-order valence-electron chi connectivity index (χ4n) is 1.53. The van der Waals surface area contributed by atoms with Crippen molar-refractivity contribution in [1.82, 2.24) is 0 Å². The lowest BCUT2D eigenvalue weighted by Gasteiger charge is -2.08. The molecule has 0 heterocycles. The second-order valence-electron chi connectivity index (χ2n) is 3.52. The fourth-order valence-corrected chi connectivity index (χ4v) is 2.49. The Bertz CT molecular complexity index is 561. The average molecular weight is 307 g/mol. The van der Waals surface area contributed by atoms with Crippen molar-refractivity contribution in [2.24, 2.45) is 0 Å². The summed E-state index contributed by atoms with van der Waals surface area (Å²) in [5.74, 6) is 0. The Labute approximate surface area is 119 Å². The van der Waals surface area contributed by atoms with Crippen molar-refractivity contribution in [2.75, 3.05) is 5.73 Å². The SMILES string of the molecule is Nc1cc(Cl)cc(-c2cc(Cl)cc(Cl)c2Cl)c1. The molecule has 17 heavy (non-hydrogen) atoms. The zero-order valence-corrected chi connectivity index (χ0v) is 11.5. The Kier molecular flexibility index (Phi) is 3.74. The molecule has 0 spiro atoms. The minimum atomic E-state index is 0.396. The van der Waals surface area contributed by atoms with Crippen LogP contribution in [0.2, 0.25) is 20.1 Å². The van der Waals surface area contributed by atoms with Crippen LogP contribution in [0, 0.1) is 0 Å². The third-order valence-electron chi connectivity index (χ3n) is 2.22.